The number of halogens is 1. The van der Waals surface area contributed by atoms with Crippen molar-refractivity contribution < 1.29 is 4.74 Å². The summed E-state index contributed by atoms with van der Waals surface area (Å²) < 4.78 is 5.62. The fourth-order valence-corrected chi connectivity index (χ4v) is 1.89. The van der Waals surface area contributed by atoms with Crippen LogP contribution in [0.4, 0.5) is 0 Å². The van der Waals surface area contributed by atoms with E-state index in [4.69, 9.17) is 21.6 Å². The van der Waals surface area contributed by atoms with Gasteiger partial charge in [0.2, 0.25) is 0 Å². The standard InChI is InChI=1S/C16H14ClNO/c17-14-9-6-13(7-10-14)8-11-16(12-18)19-15-4-2-1-3-5-15/h1-7,9-10,16H,8,11H2. The van der Waals surface area contributed by atoms with Crippen molar-refractivity contribution in [2.75, 3.05) is 0 Å². The fraction of sp³-hybridized carbons (Fsp3) is 0.188. The van der Waals surface area contributed by atoms with Crippen LogP contribution in [0.25, 0.3) is 0 Å². The molecule has 3 heteroatoms. The summed E-state index contributed by atoms with van der Waals surface area (Å²) in [4.78, 5) is 0. The Bertz CT molecular complexity index is 545. The second kappa shape index (κ2) is 6.82. The number of para-hydroxylation sites is 1. The van der Waals surface area contributed by atoms with Gasteiger partial charge in [-0.2, -0.15) is 5.26 Å². The minimum atomic E-state index is -0.432. The van der Waals surface area contributed by atoms with Crippen molar-refractivity contribution in [3.05, 3.63) is 65.2 Å². The average Bonchev–Trinajstić information content (AvgIpc) is 2.46. The largest absolute Gasteiger partial charge is 0.476 e. The normalized spacial score (nSPS) is 11.6. The smallest absolute Gasteiger partial charge is 0.184 e. The third kappa shape index (κ3) is 4.31. The zero-order valence-electron chi connectivity index (χ0n) is 10.4. The van der Waals surface area contributed by atoms with Gasteiger partial charge in [0, 0.05) is 11.4 Å². The van der Waals surface area contributed by atoms with Gasteiger partial charge in [0.15, 0.2) is 6.10 Å². The Kier molecular flexibility index (Phi) is 4.83. The van der Waals surface area contributed by atoms with Crippen LogP contribution in [0.5, 0.6) is 5.75 Å². The van der Waals surface area contributed by atoms with E-state index < -0.39 is 6.10 Å². The molecule has 0 heterocycles. The Hall–Kier alpha value is -1.98. The van der Waals surface area contributed by atoms with Gasteiger partial charge in [-0.25, -0.2) is 0 Å². The summed E-state index contributed by atoms with van der Waals surface area (Å²) in [5, 5.41) is 9.84. The second-order valence-electron chi connectivity index (χ2n) is 4.21. The molecule has 0 N–H and O–H groups in total. The van der Waals surface area contributed by atoms with Gasteiger partial charge in [0.1, 0.15) is 11.8 Å². The summed E-state index contributed by atoms with van der Waals surface area (Å²) in [6.45, 7) is 0. The van der Waals surface area contributed by atoms with Crippen molar-refractivity contribution in [2.24, 2.45) is 0 Å². The molecule has 0 aliphatic carbocycles. The first kappa shape index (κ1) is 13.5. The fourth-order valence-electron chi connectivity index (χ4n) is 1.76. The van der Waals surface area contributed by atoms with Crippen molar-refractivity contribution in [3.8, 4) is 11.8 Å². The number of hydrogen-bond donors (Lipinski definition) is 0. The number of benzene rings is 2. The molecule has 0 aliphatic rings. The summed E-state index contributed by atoms with van der Waals surface area (Å²) in [6.07, 6.45) is 1.02. The molecule has 0 aliphatic heterocycles. The predicted molar refractivity (Wildman–Crippen MR) is 76.2 cm³/mol. The Balaban J connectivity index is 1.90. The van der Waals surface area contributed by atoms with Gasteiger partial charge >= 0.3 is 0 Å². The van der Waals surface area contributed by atoms with E-state index in [-0.39, 0.29) is 0 Å². The van der Waals surface area contributed by atoms with Crippen LogP contribution in [0.3, 0.4) is 0 Å². The maximum Gasteiger partial charge on any atom is 0.184 e. The number of nitriles is 1. The minimum Gasteiger partial charge on any atom is -0.476 e. The maximum absolute atomic E-state index is 9.11. The van der Waals surface area contributed by atoms with Gasteiger partial charge in [-0.1, -0.05) is 41.9 Å². The lowest BCUT2D eigenvalue weighted by Gasteiger charge is -2.12. The van der Waals surface area contributed by atoms with Crippen LogP contribution in [0.15, 0.2) is 54.6 Å². The van der Waals surface area contributed by atoms with Gasteiger partial charge in [-0.15, -0.1) is 0 Å². The highest BCUT2D eigenvalue weighted by molar-refractivity contribution is 6.30. The summed E-state index contributed by atoms with van der Waals surface area (Å²) in [5.41, 5.74) is 1.15. The van der Waals surface area contributed by atoms with Gasteiger partial charge < -0.3 is 4.74 Å². The molecule has 19 heavy (non-hydrogen) atoms. The molecule has 0 spiro atoms. The summed E-state index contributed by atoms with van der Waals surface area (Å²) >= 11 is 5.83. The minimum absolute atomic E-state index is 0.432. The van der Waals surface area contributed by atoms with Crippen LogP contribution >= 0.6 is 11.6 Å². The topological polar surface area (TPSA) is 33.0 Å². The lowest BCUT2D eigenvalue weighted by atomic mass is 10.1. The van der Waals surface area contributed by atoms with Crippen LogP contribution in [-0.4, -0.2) is 6.10 Å². The molecule has 0 saturated heterocycles. The summed E-state index contributed by atoms with van der Waals surface area (Å²) in [7, 11) is 0. The molecular formula is C16H14ClNO. The molecule has 1 unspecified atom stereocenters. The van der Waals surface area contributed by atoms with E-state index in [9.17, 15) is 0 Å². The van der Waals surface area contributed by atoms with E-state index >= 15 is 0 Å². The molecule has 2 rings (SSSR count). The van der Waals surface area contributed by atoms with Crippen molar-refractivity contribution in [1.82, 2.24) is 0 Å². The van der Waals surface area contributed by atoms with Gasteiger partial charge in [-0.3, -0.25) is 0 Å². The highest BCUT2D eigenvalue weighted by Gasteiger charge is 2.09. The Morgan fingerprint density at radius 3 is 2.37 bits per heavy atom. The predicted octanol–water partition coefficient (Wildman–Crippen LogP) is 4.24. The van der Waals surface area contributed by atoms with E-state index in [1.165, 1.54) is 0 Å². The van der Waals surface area contributed by atoms with E-state index in [2.05, 4.69) is 6.07 Å². The van der Waals surface area contributed by atoms with Crippen molar-refractivity contribution in [1.29, 1.82) is 5.26 Å². The van der Waals surface area contributed by atoms with Crippen molar-refractivity contribution in [2.45, 2.75) is 18.9 Å². The lowest BCUT2D eigenvalue weighted by Crippen LogP contribution is -2.14. The van der Waals surface area contributed by atoms with Gasteiger partial charge in [0.05, 0.1) is 0 Å². The molecule has 0 saturated carbocycles. The summed E-state index contributed by atoms with van der Waals surface area (Å²) in [5.74, 6) is 0.727. The SMILES string of the molecule is N#CC(CCc1ccc(Cl)cc1)Oc1ccccc1. The first-order valence-corrected chi connectivity index (χ1v) is 6.51. The first-order chi connectivity index (χ1) is 9.28. The molecule has 0 radical (unpaired) electrons. The van der Waals surface area contributed by atoms with E-state index in [1.807, 2.05) is 54.6 Å². The molecule has 2 aromatic rings. The monoisotopic (exact) mass is 271 g/mol. The number of rotatable bonds is 5. The molecule has 0 bridgehead atoms. The number of hydrogen-bond acceptors (Lipinski definition) is 2. The molecule has 1 atom stereocenters. The first-order valence-electron chi connectivity index (χ1n) is 6.13. The van der Waals surface area contributed by atoms with Crippen LogP contribution in [-0.2, 0) is 6.42 Å². The van der Waals surface area contributed by atoms with Crippen LogP contribution in [0, 0.1) is 11.3 Å². The van der Waals surface area contributed by atoms with Crippen LogP contribution in [0.2, 0.25) is 5.02 Å². The Labute approximate surface area is 118 Å². The van der Waals surface area contributed by atoms with Gasteiger partial charge in [0.25, 0.3) is 0 Å². The van der Waals surface area contributed by atoms with Crippen molar-refractivity contribution in [3.63, 3.8) is 0 Å². The molecule has 0 fully saturated rings. The third-order valence-corrected chi connectivity index (χ3v) is 3.03. The number of ether oxygens (including phenoxy) is 1. The Morgan fingerprint density at radius 2 is 1.74 bits per heavy atom. The molecule has 0 amide bonds. The van der Waals surface area contributed by atoms with Gasteiger partial charge in [-0.05, 0) is 36.2 Å². The van der Waals surface area contributed by atoms with E-state index in [1.54, 1.807) is 0 Å². The number of nitrogens with zero attached hydrogens (tertiary/aromatic N) is 1. The molecule has 2 nitrogen and oxygen atoms in total. The average molecular weight is 272 g/mol. The number of aryl methyl sites for hydroxylation is 1. The lowest BCUT2D eigenvalue weighted by molar-refractivity contribution is 0.245. The molecule has 0 aromatic heterocycles. The molecule has 96 valence electrons. The summed E-state index contributed by atoms with van der Waals surface area (Å²) in [6, 6.07) is 19.3. The third-order valence-electron chi connectivity index (χ3n) is 2.77. The molecular weight excluding hydrogens is 258 g/mol. The highest BCUT2D eigenvalue weighted by Crippen LogP contribution is 2.15. The van der Waals surface area contributed by atoms with E-state index in [0.717, 1.165) is 22.8 Å². The zero-order valence-corrected chi connectivity index (χ0v) is 11.2. The quantitative estimate of drug-likeness (QED) is 0.815. The van der Waals surface area contributed by atoms with Crippen molar-refractivity contribution >= 4 is 11.6 Å². The maximum atomic E-state index is 9.11. The Morgan fingerprint density at radius 1 is 1.05 bits per heavy atom. The van der Waals surface area contributed by atoms with Crippen LogP contribution < -0.4 is 4.74 Å². The molecule has 2 aromatic carbocycles. The van der Waals surface area contributed by atoms with Crippen LogP contribution in [0.1, 0.15) is 12.0 Å². The zero-order chi connectivity index (χ0) is 13.5. The second-order valence-corrected chi connectivity index (χ2v) is 4.65. The highest BCUT2D eigenvalue weighted by atomic mass is 35.5. The van der Waals surface area contributed by atoms with E-state index in [0.29, 0.717) is 6.42 Å².